The van der Waals surface area contributed by atoms with Gasteiger partial charge in [0, 0.05) is 12.5 Å². The van der Waals surface area contributed by atoms with Crippen molar-refractivity contribution in [2.45, 2.75) is 46.2 Å². The van der Waals surface area contributed by atoms with Gasteiger partial charge in [-0.1, -0.05) is 5.21 Å². The molecule has 1 heterocycles. The first-order valence-corrected chi connectivity index (χ1v) is 6.54. The Morgan fingerprint density at radius 1 is 1.38 bits per heavy atom. The number of amides is 1. The summed E-state index contributed by atoms with van der Waals surface area (Å²) in [6.07, 6.45) is -2.98. The van der Waals surface area contributed by atoms with Gasteiger partial charge in [0.05, 0.1) is 13.2 Å². The summed E-state index contributed by atoms with van der Waals surface area (Å²) in [6, 6.07) is -0.0436. The highest BCUT2D eigenvalue weighted by Crippen LogP contribution is 2.22. The van der Waals surface area contributed by atoms with Crippen LogP contribution in [-0.4, -0.2) is 39.5 Å². The topological polar surface area (TPSA) is 86.1 Å². The largest absolute Gasteiger partial charge is 0.461 e. The lowest BCUT2D eigenvalue weighted by molar-refractivity contribution is -0.121. The average molecular weight is 304 g/mol. The van der Waals surface area contributed by atoms with E-state index in [1.165, 1.54) is 0 Å². The van der Waals surface area contributed by atoms with Gasteiger partial charge in [0.2, 0.25) is 5.91 Å². The van der Waals surface area contributed by atoms with Crippen LogP contribution in [0.2, 0.25) is 0 Å². The third-order valence-corrected chi connectivity index (χ3v) is 2.45. The second-order valence-corrected chi connectivity index (χ2v) is 4.54. The Morgan fingerprint density at radius 3 is 2.57 bits per heavy atom. The molecule has 118 valence electrons. The van der Waals surface area contributed by atoms with E-state index in [2.05, 4.69) is 20.4 Å². The molecule has 1 N–H and O–H groups in total. The number of alkyl halides is 2. The molecule has 0 bridgehead atoms. The third kappa shape index (κ3) is 4.76. The van der Waals surface area contributed by atoms with Gasteiger partial charge in [-0.2, -0.15) is 0 Å². The molecule has 0 saturated carbocycles. The van der Waals surface area contributed by atoms with Crippen molar-refractivity contribution in [1.29, 1.82) is 0 Å². The minimum Gasteiger partial charge on any atom is -0.461 e. The number of halogens is 2. The summed E-state index contributed by atoms with van der Waals surface area (Å²) in [6.45, 7) is 5.09. The number of ether oxygens (including phenoxy) is 1. The van der Waals surface area contributed by atoms with Crippen molar-refractivity contribution in [3.8, 4) is 0 Å². The number of carbonyl (C=O) groups excluding carboxylic acids is 2. The molecule has 1 rings (SSSR count). The second-order valence-electron chi connectivity index (χ2n) is 4.54. The van der Waals surface area contributed by atoms with Crippen LogP contribution in [0, 0.1) is 0 Å². The maximum absolute atomic E-state index is 13.0. The van der Waals surface area contributed by atoms with Gasteiger partial charge in [-0.05, 0) is 20.8 Å². The zero-order valence-electron chi connectivity index (χ0n) is 12.1. The Labute approximate surface area is 120 Å². The van der Waals surface area contributed by atoms with Gasteiger partial charge in [0.15, 0.2) is 5.69 Å². The zero-order chi connectivity index (χ0) is 16.0. The number of aromatic nitrogens is 3. The lowest BCUT2D eigenvalue weighted by Gasteiger charge is -2.09. The van der Waals surface area contributed by atoms with Gasteiger partial charge in [-0.15, -0.1) is 5.10 Å². The number of aryl methyl sites for hydroxylation is 1. The van der Waals surface area contributed by atoms with E-state index in [-0.39, 0.29) is 31.5 Å². The molecule has 0 atom stereocenters. The number of carbonyl (C=O) groups is 2. The number of nitrogens with zero attached hydrogens (tertiary/aromatic N) is 3. The van der Waals surface area contributed by atoms with E-state index in [1.807, 2.05) is 0 Å². The van der Waals surface area contributed by atoms with E-state index in [0.717, 1.165) is 4.68 Å². The molecular weight excluding hydrogens is 286 g/mol. The number of hydrogen-bond donors (Lipinski definition) is 1. The average Bonchev–Trinajstić information content (AvgIpc) is 2.79. The van der Waals surface area contributed by atoms with Crippen LogP contribution in [0.1, 0.15) is 49.8 Å². The van der Waals surface area contributed by atoms with Crippen LogP contribution in [0.4, 0.5) is 8.78 Å². The standard InChI is InChI=1S/C12H18F2N4O3/c1-4-21-12(20)9-10(11(13)14)18(17-16-9)6-5-8(19)15-7(2)3/h7,11H,4-6H2,1-3H3,(H,15,19). The molecule has 0 unspecified atom stereocenters. The normalized spacial score (nSPS) is 11.0. The van der Waals surface area contributed by atoms with Gasteiger partial charge in [-0.25, -0.2) is 18.3 Å². The van der Waals surface area contributed by atoms with Crippen LogP contribution < -0.4 is 5.32 Å². The molecule has 1 aromatic heterocycles. The summed E-state index contributed by atoms with van der Waals surface area (Å²) in [5, 5.41) is 9.55. The quantitative estimate of drug-likeness (QED) is 0.768. The molecular formula is C12H18F2N4O3. The Bertz CT molecular complexity index is 503. The van der Waals surface area contributed by atoms with E-state index in [4.69, 9.17) is 0 Å². The summed E-state index contributed by atoms with van der Waals surface area (Å²) >= 11 is 0. The van der Waals surface area contributed by atoms with Crippen LogP contribution in [-0.2, 0) is 16.1 Å². The molecule has 21 heavy (non-hydrogen) atoms. The van der Waals surface area contributed by atoms with E-state index in [9.17, 15) is 18.4 Å². The molecule has 0 aliphatic heterocycles. The third-order valence-electron chi connectivity index (χ3n) is 2.45. The highest BCUT2D eigenvalue weighted by molar-refractivity contribution is 5.88. The van der Waals surface area contributed by atoms with E-state index in [1.54, 1.807) is 20.8 Å². The van der Waals surface area contributed by atoms with E-state index in [0.29, 0.717) is 0 Å². The van der Waals surface area contributed by atoms with Crippen LogP contribution in [0.3, 0.4) is 0 Å². The molecule has 0 radical (unpaired) electrons. The van der Waals surface area contributed by atoms with Crippen molar-refractivity contribution >= 4 is 11.9 Å². The van der Waals surface area contributed by atoms with E-state index >= 15 is 0 Å². The molecule has 0 spiro atoms. The van der Waals surface area contributed by atoms with Gasteiger partial charge in [-0.3, -0.25) is 4.79 Å². The van der Waals surface area contributed by atoms with Crippen molar-refractivity contribution in [3.63, 3.8) is 0 Å². The Morgan fingerprint density at radius 2 is 2.05 bits per heavy atom. The van der Waals surface area contributed by atoms with E-state index < -0.39 is 23.8 Å². The van der Waals surface area contributed by atoms with Crippen LogP contribution >= 0.6 is 0 Å². The van der Waals surface area contributed by atoms with Crippen molar-refractivity contribution in [3.05, 3.63) is 11.4 Å². The minimum absolute atomic E-state index is 0.0382. The smallest absolute Gasteiger partial charge is 0.361 e. The summed E-state index contributed by atoms with van der Waals surface area (Å²) in [4.78, 5) is 23.0. The molecule has 0 saturated heterocycles. The molecule has 0 aliphatic rings. The number of hydrogen-bond acceptors (Lipinski definition) is 5. The first-order chi connectivity index (χ1) is 9.86. The fourth-order valence-electron chi connectivity index (χ4n) is 1.65. The first kappa shape index (κ1) is 17.0. The highest BCUT2D eigenvalue weighted by Gasteiger charge is 2.27. The molecule has 0 aliphatic carbocycles. The van der Waals surface area contributed by atoms with Gasteiger partial charge in [0.25, 0.3) is 6.43 Å². The summed E-state index contributed by atoms with van der Waals surface area (Å²) in [5.41, 5.74) is -1.15. The monoisotopic (exact) mass is 304 g/mol. The van der Waals surface area contributed by atoms with Gasteiger partial charge < -0.3 is 10.1 Å². The van der Waals surface area contributed by atoms with Crippen LogP contribution in [0.25, 0.3) is 0 Å². The maximum Gasteiger partial charge on any atom is 0.361 e. The van der Waals surface area contributed by atoms with Crippen molar-refractivity contribution in [1.82, 2.24) is 20.3 Å². The van der Waals surface area contributed by atoms with Crippen LogP contribution in [0.15, 0.2) is 0 Å². The lowest BCUT2D eigenvalue weighted by Crippen LogP contribution is -2.31. The maximum atomic E-state index is 13.0. The molecule has 1 amide bonds. The minimum atomic E-state index is -2.94. The van der Waals surface area contributed by atoms with Gasteiger partial charge in [0.1, 0.15) is 5.69 Å². The second kappa shape index (κ2) is 7.65. The summed E-state index contributed by atoms with van der Waals surface area (Å²) in [7, 11) is 0. The molecule has 1 aromatic rings. The lowest BCUT2D eigenvalue weighted by atomic mass is 10.3. The number of nitrogens with one attached hydrogen (secondary N) is 1. The first-order valence-electron chi connectivity index (χ1n) is 6.54. The fraction of sp³-hybridized carbons (Fsp3) is 0.667. The van der Waals surface area contributed by atoms with Gasteiger partial charge >= 0.3 is 5.97 Å². The molecule has 0 fully saturated rings. The number of rotatable bonds is 7. The predicted octanol–water partition coefficient (Wildman–Crippen LogP) is 1.31. The van der Waals surface area contributed by atoms with Crippen molar-refractivity contribution in [2.24, 2.45) is 0 Å². The van der Waals surface area contributed by atoms with Crippen LogP contribution in [0.5, 0.6) is 0 Å². The highest BCUT2D eigenvalue weighted by atomic mass is 19.3. The molecule has 7 nitrogen and oxygen atoms in total. The van der Waals surface area contributed by atoms with Crippen molar-refractivity contribution < 1.29 is 23.1 Å². The number of esters is 1. The zero-order valence-corrected chi connectivity index (χ0v) is 12.1. The van der Waals surface area contributed by atoms with Crippen molar-refractivity contribution in [2.75, 3.05) is 6.61 Å². The fourth-order valence-corrected chi connectivity index (χ4v) is 1.65. The SMILES string of the molecule is CCOC(=O)c1nnn(CCC(=O)NC(C)C)c1C(F)F. The Kier molecular flexibility index (Phi) is 6.19. The molecule has 9 heteroatoms. The Hall–Kier alpha value is -2.06. The predicted molar refractivity (Wildman–Crippen MR) is 68.8 cm³/mol. The Balaban J connectivity index is 2.83. The molecule has 0 aromatic carbocycles. The summed E-state index contributed by atoms with van der Waals surface area (Å²) < 4.78 is 31.6. The summed E-state index contributed by atoms with van der Waals surface area (Å²) in [5.74, 6) is -1.25.